The van der Waals surface area contributed by atoms with E-state index < -0.39 is 0 Å². The standard InChI is InChI=1S/C17H13Cl2N3S/c1-11(21-22-15-9-13(18)7-8-14(15)19)16-10-23-17(20-16)12-5-3-2-4-6-12/h2-10,22H,1H3/b21-11+. The minimum absolute atomic E-state index is 0.564. The predicted molar refractivity (Wildman–Crippen MR) is 99.8 cm³/mol. The smallest absolute Gasteiger partial charge is 0.124 e. The molecule has 0 radical (unpaired) electrons. The Balaban J connectivity index is 1.79. The van der Waals surface area contributed by atoms with Crippen molar-refractivity contribution >= 4 is 45.9 Å². The van der Waals surface area contributed by atoms with E-state index >= 15 is 0 Å². The summed E-state index contributed by atoms with van der Waals surface area (Å²) >= 11 is 13.7. The fourth-order valence-electron chi connectivity index (χ4n) is 1.94. The predicted octanol–water partition coefficient (Wildman–Crippen LogP) is 5.95. The fraction of sp³-hybridized carbons (Fsp3) is 0.0588. The van der Waals surface area contributed by atoms with E-state index in [0.29, 0.717) is 15.7 Å². The van der Waals surface area contributed by atoms with E-state index in [-0.39, 0.29) is 0 Å². The Bertz CT molecular complexity index is 844. The van der Waals surface area contributed by atoms with Gasteiger partial charge in [0.05, 0.1) is 22.1 Å². The number of hydrogen-bond acceptors (Lipinski definition) is 4. The number of halogens is 2. The number of aromatic nitrogens is 1. The quantitative estimate of drug-likeness (QED) is 0.460. The number of benzene rings is 2. The second kappa shape index (κ2) is 7.13. The van der Waals surface area contributed by atoms with Gasteiger partial charge in [-0.1, -0.05) is 53.5 Å². The van der Waals surface area contributed by atoms with Crippen LogP contribution in [0.5, 0.6) is 0 Å². The molecule has 116 valence electrons. The Morgan fingerprint density at radius 3 is 2.70 bits per heavy atom. The molecule has 0 bridgehead atoms. The van der Waals surface area contributed by atoms with Gasteiger partial charge in [-0.05, 0) is 25.1 Å². The van der Waals surface area contributed by atoms with E-state index in [9.17, 15) is 0 Å². The van der Waals surface area contributed by atoms with Gasteiger partial charge in [0.25, 0.3) is 0 Å². The first kappa shape index (κ1) is 16.0. The van der Waals surface area contributed by atoms with Crippen LogP contribution in [0.25, 0.3) is 10.6 Å². The van der Waals surface area contributed by atoms with Crippen molar-refractivity contribution in [2.75, 3.05) is 5.43 Å². The van der Waals surface area contributed by atoms with Crippen LogP contribution in [0.3, 0.4) is 0 Å². The summed E-state index contributed by atoms with van der Waals surface area (Å²) < 4.78 is 0. The molecule has 1 heterocycles. The molecule has 3 nitrogen and oxygen atoms in total. The summed E-state index contributed by atoms with van der Waals surface area (Å²) in [5.41, 5.74) is 6.31. The van der Waals surface area contributed by atoms with E-state index in [2.05, 4.69) is 15.5 Å². The molecule has 0 fully saturated rings. The molecule has 3 rings (SSSR count). The van der Waals surface area contributed by atoms with Crippen LogP contribution in [0.2, 0.25) is 10.0 Å². The number of hydrogen-bond donors (Lipinski definition) is 1. The van der Waals surface area contributed by atoms with Crippen LogP contribution in [0.15, 0.2) is 59.0 Å². The normalized spacial score (nSPS) is 11.5. The molecule has 0 atom stereocenters. The minimum Gasteiger partial charge on any atom is -0.277 e. The lowest BCUT2D eigenvalue weighted by atomic mass is 10.2. The average molecular weight is 362 g/mol. The average Bonchev–Trinajstić information content (AvgIpc) is 3.06. The van der Waals surface area contributed by atoms with Crippen molar-refractivity contribution in [1.82, 2.24) is 4.98 Å². The zero-order chi connectivity index (χ0) is 16.2. The van der Waals surface area contributed by atoms with Crippen molar-refractivity contribution in [1.29, 1.82) is 0 Å². The molecule has 23 heavy (non-hydrogen) atoms. The Hall–Kier alpha value is -1.88. The molecule has 2 aromatic carbocycles. The van der Waals surface area contributed by atoms with Crippen molar-refractivity contribution < 1.29 is 0 Å². The third kappa shape index (κ3) is 3.91. The first-order chi connectivity index (χ1) is 11.1. The fourth-order valence-corrected chi connectivity index (χ4v) is 3.14. The summed E-state index contributed by atoms with van der Waals surface area (Å²) in [6.07, 6.45) is 0. The monoisotopic (exact) mass is 361 g/mol. The summed E-state index contributed by atoms with van der Waals surface area (Å²) in [6, 6.07) is 15.3. The van der Waals surface area contributed by atoms with Gasteiger partial charge < -0.3 is 0 Å². The highest BCUT2D eigenvalue weighted by Crippen LogP contribution is 2.26. The number of nitrogens with one attached hydrogen (secondary N) is 1. The van der Waals surface area contributed by atoms with Crippen molar-refractivity contribution in [2.45, 2.75) is 6.92 Å². The van der Waals surface area contributed by atoms with Gasteiger partial charge in [0.1, 0.15) is 5.01 Å². The highest BCUT2D eigenvalue weighted by atomic mass is 35.5. The summed E-state index contributed by atoms with van der Waals surface area (Å²) in [7, 11) is 0. The van der Waals surface area contributed by atoms with Crippen LogP contribution in [0.1, 0.15) is 12.6 Å². The van der Waals surface area contributed by atoms with E-state index in [0.717, 1.165) is 22.0 Å². The summed E-state index contributed by atoms with van der Waals surface area (Å²) in [4.78, 5) is 4.62. The van der Waals surface area contributed by atoms with Gasteiger partial charge in [0.15, 0.2) is 0 Å². The highest BCUT2D eigenvalue weighted by Gasteiger charge is 2.07. The first-order valence-corrected chi connectivity index (χ1v) is 8.54. The van der Waals surface area contributed by atoms with E-state index in [1.54, 1.807) is 29.5 Å². The van der Waals surface area contributed by atoms with Gasteiger partial charge >= 0.3 is 0 Å². The molecule has 0 aliphatic heterocycles. The maximum atomic E-state index is 6.11. The Morgan fingerprint density at radius 2 is 1.91 bits per heavy atom. The lowest BCUT2D eigenvalue weighted by Crippen LogP contribution is -2.00. The number of thiazole rings is 1. The molecule has 0 unspecified atom stereocenters. The van der Waals surface area contributed by atoms with Gasteiger partial charge in [-0.15, -0.1) is 11.3 Å². The Kier molecular flexibility index (Phi) is 4.96. The maximum absolute atomic E-state index is 6.11. The van der Waals surface area contributed by atoms with Gasteiger partial charge in [0.2, 0.25) is 0 Å². The molecule has 0 amide bonds. The molecular formula is C17H13Cl2N3S. The zero-order valence-electron chi connectivity index (χ0n) is 12.3. The van der Waals surface area contributed by atoms with Crippen LogP contribution < -0.4 is 5.43 Å². The second-order valence-electron chi connectivity index (χ2n) is 4.84. The van der Waals surface area contributed by atoms with Crippen LogP contribution in [0.4, 0.5) is 5.69 Å². The summed E-state index contributed by atoms with van der Waals surface area (Å²) in [5.74, 6) is 0. The molecule has 6 heteroatoms. The van der Waals surface area contributed by atoms with Crippen LogP contribution in [0, 0.1) is 0 Å². The minimum atomic E-state index is 0.564. The van der Waals surface area contributed by atoms with Crippen molar-refractivity contribution in [3.63, 3.8) is 0 Å². The van der Waals surface area contributed by atoms with E-state index in [4.69, 9.17) is 23.2 Å². The molecule has 3 aromatic rings. The number of hydrazone groups is 1. The third-order valence-electron chi connectivity index (χ3n) is 3.17. The maximum Gasteiger partial charge on any atom is 0.124 e. The highest BCUT2D eigenvalue weighted by molar-refractivity contribution is 7.13. The Morgan fingerprint density at radius 1 is 1.13 bits per heavy atom. The number of rotatable bonds is 4. The van der Waals surface area contributed by atoms with Gasteiger partial charge in [-0.25, -0.2) is 4.98 Å². The van der Waals surface area contributed by atoms with Gasteiger partial charge in [-0.2, -0.15) is 5.10 Å². The van der Waals surface area contributed by atoms with Crippen molar-refractivity contribution in [3.05, 3.63) is 69.7 Å². The molecule has 1 N–H and O–H groups in total. The molecule has 1 aromatic heterocycles. The topological polar surface area (TPSA) is 37.3 Å². The van der Waals surface area contributed by atoms with Crippen LogP contribution in [-0.4, -0.2) is 10.7 Å². The lowest BCUT2D eigenvalue weighted by Gasteiger charge is -2.04. The number of anilines is 1. The molecule has 0 aliphatic rings. The largest absolute Gasteiger partial charge is 0.277 e. The third-order valence-corrected chi connectivity index (χ3v) is 4.62. The van der Waals surface area contributed by atoms with E-state index in [1.165, 1.54) is 0 Å². The van der Waals surface area contributed by atoms with E-state index in [1.807, 2.05) is 42.6 Å². The zero-order valence-corrected chi connectivity index (χ0v) is 14.6. The summed E-state index contributed by atoms with van der Waals surface area (Å²) in [5, 5.41) is 8.46. The van der Waals surface area contributed by atoms with Crippen molar-refractivity contribution in [2.24, 2.45) is 5.10 Å². The first-order valence-electron chi connectivity index (χ1n) is 6.90. The molecule has 0 saturated heterocycles. The van der Waals surface area contributed by atoms with Crippen LogP contribution >= 0.6 is 34.5 Å². The van der Waals surface area contributed by atoms with Gasteiger partial charge in [0, 0.05) is 16.0 Å². The molecule has 0 aliphatic carbocycles. The van der Waals surface area contributed by atoms with Crippen LogP contribution in [-0.2, 0) is 0 Å². The lowest BCUT2D eigenvalue weighted by molar-refractivity contribution is 1.29. The van der Waals surface area contributed by atoms with Gasteiger partial charge in [-0.3, -0.25) is 5.43 Å². The number of nitrogens with zero attached hydrogens (tertiary/aromatic N) is 2. The molecule has 0 saturated carbocycles. The SMILES string of the molecule is C/C(=N\Nc1cc(Cl)ccc1Cl)c1csc(-c2ccccc2)n1. The van der Waals surface area contributed by atoms with Crippen molar-refractivity contribution in [3.8, 4) is 10.6 Å². The molecule has 0 spiro atoms. The second-order valence-corrected chi connectivity index (χ2v) is 6.54. The molecular weight excluding hydrogens is 349 g/mol. The Labute approximate surface area is 148 Å². The summed E-state index contributed by atoms with van der Waals surface area (Å²) in [6.45, 7) is 1.90.